The zero-order chi connectivity index (χ0) is 15.7. The van der Waals surface area contributed by atoms with Crippen molar-refractivity contribution in [1.29, 1.82) is 0 Å². The Balaban J connectivity index is 0.00000192. The molecule has 1 aliphatic rings. The number of amides is 1. The molecule has 3 rings (SSSR count). The van der Waals surface area contributed by atoms with Crippen molar-refractivity contribution in [2.45, 2.75) is 32.7 Å². The van der Waals surface area contributed by atoms with Crippen LogP contribution >= 0.6 is 12.4 Å². The first-order valence-electron chi connectivity index (χ1n) is 8.14. The highest BCUT2D eigenvalue weighted by molar-refractivity contribution is 5.86. The van der Waals surface area contributed by atoms with Crippen LogP contribution < -0.4 is 5.73 Å². The lowest BCUT2D eigenvalue weighted by Crippen LogP contribution is -2.50. The van der Waals surface area contributed by atoms with Gasteiger partial charge in [-0.05, 0) is 36.3 Å². The van der Waals surface area contributed by atoms with Crippen LogP contribution in [0.4, 0.5) is 0 Å². The molecular weight excluding hydrogens is 310 g/mol. The van der Waals surface area contributed by atoms with E-state index in [2.05, 4.69) is 24.9 Å². The van der Waals surface area contributed by atoms with Gasteiger partial charge in [-0.25, -0.2) is 0 Å². The predicted molar refractivity (Wildman–Crippen MR) is 96.8 cm³/mol. The van der Waals surface area contributed by atoms with Gasteiger partial charge < -0.3 is 15.6 Å². The molecule has 1 fully saturated rings. The lowest BCUT2D eigenvalue weighted by Gasteiger charge is -2.36. The van der Waals surface area contributed by atoms with Crippen LogP contribution in [-0.4, -0.2) is 34.9 Å². The fraction of sp³-hybridized carbons (Fsp3) is 0.500. The summed E-state index contributed by atoms with van der Waals surface area (Å²) in [6, 6.07) is 7.67. The van der Waals surface area contributed by atoms with Crippen LogP contribution in [0.3, 0.4) is 0 Å². The van der Waals surface area contributed by atoms with Gasteiger partial charge in [0.25, 0.3) is 0 Å². The van der Waals surface area contributed by atoms with E-state index in [0.29, 0.717) is 18.3 Å². The van der Waals surface area contributed by atoms with E-state index < -0.39 is 6.04 Å². The van der Waals surface area contributed by atoms with E-state index in [9.17, 15) is 4.79 Å². The monoisotopic (exact) mass is 335 g/mol. The number of H-pyrrole nitrogens is 1. The fourth-order valence-electron chi connectivity index (χ4n) is 3.70. The summed E-state index contributed by atoms with van der Waals surface area (Å²) in [5, 5.41) is 1.16. The number of rotatable bonds is 3. The minimum absolute atomic E-state index is 0. The number of benzene rings is 1. The zero-order valence-electron chi connectivity index (χ0n) is 13.8. The summed E-state index contributed by atoms with van der Waals surface area (Å²) >= 11 is 0. The average Bonchev–Trinajstić information content (AvgIpc) is 2.89. The number of likely N-dealkylation sites (tertiary alicyclic amines) is 1. The van der Waals surface area contributed by atoms with Crippen LogP contribution in [0.25, 0.3) is 10.9 Å². The average molecular weight is 336 g/mol. The molecule has 0 spiro atoms. The third kappa shape index (κ3) is 3.88. The largest absolute Gasteiger partial charge is 0.361 e. The van der Waals surface area contributed by atoms with Crippen molar-refractivity contribution in [3.8, 4) is 0 Å². The number of fused-ring (bicyclic) bond motifs is 1. The molecule has 126 valence electrons. The highest BCUT2D eigenvalue weighted by Gasteiger charge is 2.28. The summed E-state index contributed by atoms with van der Waals surface area (Å²) in [6.45, 7) is 6.10. The number of nitrogens with one attached hydrogen (secondary N) is 1. The quantitative estimate of drug-likeness (QED) is 0.905. The Morgan fingerprint density at radius 2 is 1.96 bits per heavy atom. The summed E-state index contributed by atoms with van der Waals surface area (Å²) in [6.07, 6.45) is 3.75. The summed E-state index contributed by atoms with van der Waals surface area (Å²) < 4.78 is 0. The van der Waals surface area contributed by atoms with Crippen molar-refractivity contribution in [1.82, 2.24) is 9.88 Å². The SMILES string of the molecule is CC1CC(C)CN(C(=O)[C@@H](N)Cc2c[nH]c3ccccc23)C1.Cl. The Morgan fingerprint density at radius 3 is 2.65 bits per heavy atom. The van der Waals surface area contributed by atoms with Crippen LogP contribution in [0.2, 0.25) is 0 Å². The Morgan fingerprint density at radius 1 is 1.30 bits per heavy atom. The fourth-order valence-corrected chi connectivity index (χ4v) is 3.70. The van der Waals surface area contributed by atoms with E-state index in [4.69, 9.17) is 5.73 Å². The number of piperidine rings is 1. The number of halogens is 1. The van der Waals surface area contributed by atoms with Gasteiger partial charge in [-0.15, -0.1) is 12.4 Å². The normalized spacial score (nSPS) is 22.7. The van der Waals surface area contributed by atoms with Crippen molar-refractivity contribution < 1.29 is 4.79 Å². The number of carbonyl (C=O) groups is 1. The molecule has 0 aliphatic carbocycles. The van der Waals surface area contributed by atoms with Crippen molar-refractivity contribution in [2.24, 2.45) is 17.6 Å². The van der Waals surface area contributed by atoms with Crippen LogP contribution in [0.15, 0.2) is 30.5 Å². The van der Waals surface area contributed by atoms with E-state index in [-0.39, 0.29) is 18.3 Å². The lowest BCUT2D eigenvalue weighted by molar-refractivity contribution is -0.135. The van der Waals surface area contributed by atoms with Crippen molar-refractivity contribution in [2.75, 3.05) is 13.1 Å². The topological polar surface area (TPSA) is 62.1 Å². The molecule has 1 aliphatic heterocycles. The summed E-state index contributed by atoms with van der Waals surface area (Å²) in [7, 11) is 0. The number of hydrogen-bond donors (Lipinski definition) is 2. The second kappa shape index (κ2) is 7.37. The molecule has 23 heavy (non-hydrogen) atoms. The first-order valence-corrected chi connectivity index (χ1v) is 8.14. The molecule has 1 saturated heterocycles. The number of nitrogens with two attached hydrogens (primary N) is 1. The second-order valence-corrected chi connectivity index (χ2v) is 6.86. The minimum atomic E-state index is -0.461. The maximum Gasteiger partial charge on any atom is 0.239 e. The minimum Gasteiger partial charge on any atom is -0.361 e. The van der Waals surface area contributed by atoms with E-state index in [0.717, 1.165) is 29.6 Å². The van der Waals surface area contributed by atoms with Gasteiger partial charge in [0, 0.05) is 30.2 Å². The molecule has 0 radical (unpaired) electrons. The standard InChI is InChI=1S/C18H25N3O.ClH/c1-12-7-13(2)11-21(10-12)18(22)16(19)8-14-9-20-17-6-4-3-5-15(14)17;/h3-6,9,12-13,16,20H,7-8,10-11,19H2,1-2H3;1H/t12?,13?,16-;/m0./s1. The van der Waals surface area contributed by atoms with Crippen molar-refractivity contribution in [3.05, 3.63) is 36.0 Å². The zero-order valence-corrected chi connectivity index (χ0v) is 14.6. The van der Waals surface area contributed by atoms with Gasteiger partial charge in [-0.2, -0.15) is 0 Å². The van der Waals surface area contributed by atoms with Gasteiger partial charge in [-0.1, -0.05) is 32.0 Å². The smallest absolute Gasteiger partial charge is 0.239 e. The van der Waals surface area contributed by atoms with Gasteiger partial charge in [0.05, 0.1) is 6.04 Å². The van der Waals surface area contributed by atoms with Gasteiger partial charge in [0.2, 0.25) is 5.91 Å². The van der Waals surface area contributed by atoms with Crippen molar-refractivity contribution >= 4 is 29.2 Å². The summed E-state index contributed by atoms with van der Waals surface area (Å²) in [5.74, 6) is 1.21. The molecule has 2 heterocycles. The third-order valence-electron chi connectivity index (χ3n) is 4.61. The molecule has 1 aromatic heterocycles. The van der Waals surface area contributed by atoms with Crippen molar-refractivity contribution in [3.63, 3.8) is 0 Å². The molecule has 1 amide bonds. The Bertz CT molecular complexity index is 659. The molecule has 5 heteroatoms. The number of carbonyl (C=O) groups excluding carboxylic acids is 1. The maximum atomic E-state index is 12.6. The highest BCUT2D eigenvalue weighted by atomic mass is 35.5. The van der Waals surface area contributed by atoms with E-state index in [1.54, 1.807) is 0 Å². The van der Waals surface area contributed by atoms with Crippen LogP contribution in [0.1, 0.15) is 25.8 Å². The third-order valence-corrected chi connectivity index (χ3v) is 4.61. The molecular formula is C18H26ClN3O. The molecule has 2 unspecified atom stereocenters. The first kappa shape index (κ1) is 17.8. The molecule has 3 atom stereocenters. The Kier molecular flexibility index (Phi) is 5.71. The molecule has 4 nitrogen and oxygen atoms in total. The van der Waals surface area contributed by atoms with Crippen LogP contribution in [0, 0.1) is 11.8 Å². The summed E-state index contributed by atoms with van der Waals surface area (Å²) in [4.78, 5) is 17.8. The Hall–Kier alpha value is -1.52. The number of aromatic nitrogens is 1. The van der Waals surface area contributed by atoms with Gasteiger partial charge in [0.1, 0.15) is 0 Å². The molecule has 2 aromatic rings. The number of aromatic amines is 1. The van der Waals surface area contributed by atoms with Crippen LogP contribution in [0.5, 0.6) is 0 Å². The maximum absolute atomic E-state index is 12.6. The molecule has 0 saturated carbocycles. The second-order valence-electron chi connectivity index (χ2n) is 6.86. The first-order chi connectivity index (χ1) is 10.5. The summed E-state index contributed by atoms with van der Waals surface area (Å²) in [5.41, 5.74) is 8.43. The van der Waals surface area contributed by atoms with E-state index in [1.807, 2.05) is 29.3 Å². The molecule has 3 N–H and O–H groups in total. The van der Waals surface area contributed by atoms with Gasteiger partial charge >= 0.3 is 0 Å². The lowest BCUT2D eigenvalue weighted by atomic mass is 9.91. The van der Waals surface area contributed by atoms with E-state index >= 15 is 0 Å². The molecule has 1 aromatic carbocycles. The number of hydrogen-bond acceptors (Lipinski definition) is 2. The Labute approximate surface area is 143 Å². The number of nitrogens with zero attached hydrogens (tertiary/aromatic N) is 1. The van der Waals surface area contributed by atoms with Gasteiger partial charge in [0.15, 0.2) is 0 Å². The highest BCUT2D eigenvalue weighted by Crippen LogP contribution is 2.23. The van der Waals surface area contributed by atoms with E-state index in [1.165, 1.54) is 6.42 Å². The van der Waals surface area contributed by atoms with Gasteiger partial charge in [-0.3, -0.25) is 4.79 Å². The molecule has 0 bridgehead atoms. The number of para-hydroxylation sites is 1. The predicted octanol–water partition coefficient (Wildman–Crippen LogP) is 2.96. The van der Waals surface area contributed by atoms with Crippen LogP contribution in [-0.2, 0) is 11.2 Å².